The molecule has 0 amide bonds. The number of pyridine rings is 1. The Morgan fingerprint density at radius 1 is 1.29 bits per heavy atom. The van der Waals surface area contributed by atoms with E-state index in [0.717, 1.165) is 44.4 Å². The lowest BCUT2D eigenvalue weighted by atomic mass is 10.2. The molecule has 0 aliphatic carbocycles. The van der Waals surface area contributed by atoms with Gasteiger partial charge in [-0.1, -0.05) is 12.1 Å². The van der Waals surface area contributed by atoms with E-state index in [4.69, 9.17) is 0 Å². The van der Waals surface area contributed by atoms with Crippen LogP contribution in [0.1, 0.15) is 11.4 Å². The van der Waals surface area contributed by atoms with Crippen LogP contribution in [0.25, 0.3) is 0 Å². The number of hydrogen-bond donors (Lipinski definition) is 0. The number of anilines is 1. The number of imidazole rings is 1. The average molecular weight is 283 g/mol. The zero-order valence-electron chi connectivity index (χ0n) is 12.4. The van der Waals surface area contributed by atoms with Gasteiger partial charge in [0.05, 0.1) is 6.54 Å². The molecule has 1 aliphatic rings. The van der Waals surface area contributed by atoms with Gasteiger partial charge in [-0.25, -0.2) is 9.97 Å². The molecule has 5 nitrogen and oxygen atoms in total. The first-order valence-electron chi connectivity index (χ1n) is 7.26. The first-order valence-corrected chi connectivity index (χ1v) is 7.26. The molecule has 2 aromatic rings. The van der Waals surface area contributed by atoms with Gasteiger partial charge in [-0.2, -0.15) is 0 Å². The second-order valence-electron chi connectivity index (χ2n) is 5.39. The predicted octanol–water partition coefficient (Wildman–Crippen LogP) is 1.82. The first-order chi connectivity index (χ1) is 10.3. The van der Waals surface area contributed by atoms with Crippen molar-refractivity contribution in [2.75, 3.05) is 24.5 Å². The fourth-order valence-corrected chi connectivity index (χ4v) is 2.74. The van der Waals surface area contributed by atoms with Crippen molar-refractivity contribution < 1.29 is 0 Å². The zero-order valence-corrected chi connectivity index (χ0v) is 12.4. The number of fused-ring (bicyclic) bond motifs is 1. The van der Waals surface area contributed by atoms with Crippen LogP contribution < -0.4 is 4.90 Å². The van der Waals surface area contributed by atoms with E-state index in [1.807, 2.05) is 37.8 Å². The summed E-state index contributed by atoms with van der Waals surface area (Å²) in [7, 11) is 2.04. The van der Waals surface area contributed by atoms with Crippen molar-refractivity contribution in [2.45, 2.75) is 13.1 Å². The smallest absolute Gasteiger partial charge is 0.133 e. The standard InChI is InChI=1S/C16H21N5/c1-3-8-21-11-10-20(13-15-17-7-9-19(15)2)12-14-5-4-6-18-16(14)21/h3-7,9H,1,8,10-13H2,2H3. The third kappa shape index (κ3) is 2.97. The Morgan fingerprint density at radius 2 is 2.19 bits per heavy atom. The van der Waals surface area contributed by atoms with Crippen LogP contribution in [0.15, 0.2) is 43.4 Å². The molecule has 5 heteroatoms. The van der Waals surface area contributed by atoms with Crippen LogP contribution in [-0.4, -0.2) is 39.1 Å². The Bertz CT molecular complexity index is 619. The normalized spacial score (nSPS) is 15.6. The van der Waals surface area contributed by atoms with Gasteiger partial charge in [0.2, 0.25) is 0 Å². The van der Waals surface area contributed by atoms with Crippen LogP contribution in [0.4, 0.5) is 5.82 Å². The Balaban J connectivity index is 1.82. The van der Waals surface area contributed by atoms with E-state index in [9.17, 15) is 0 Å². The molecule has 0 spiro atoms. The lowest BCUT2D eigenvalue weighted by Gasteiger charge is -2.22. The van der Waals surface area contributed by atoms with Gasteiger partial charge < -0.3 is 9.47 Å². The molecule has 0 bridgehead atoms. The van der Waals surface area contributed by atoms with Gasteiger partial charge in [0.25, 0.3) is 0 Å². The van der Waals surface area contributed by atoms with Crippen LogP contribution in [0.5, 0.6) is 0 Å². The fraction of sp³-hybridized carbons (Fsp3) is 0.375. The van der Waals surface area contributed by atoms with Gasteiger partial charge >= 0.3 is 0 Å². The fourth-order valence-electron chi connectivity index (χ4n) is 2.74. The molecule has 0 aromatic carbocycles. The number of hydrogen-bond acceptors (Lipinski definition) is 4. The highest BCUT2D eigenvalue weighted by atomic mass is 15.3. The van der Waals surface area contributed by atoms with Crippen molar-refractivity contribution in [1.82, 2.24) is 19.4 Å². The summed E-state index contributed by atoms with van der Waals surface area (Å²) >= 11 is 0. The zero-order chi connectivity index (χ0) is 14.7. The summed E-state index contributed by atoms with van der Waals surface area (Å²) in [6.07, 6.45) is 7.65. The Kier molecular flexibility index (Phi) is 4.01. The molecular formula is C16H21N5. The number of rotatable bonds is 4. The van der Waals surface area contributed by atoms with Crippen molar-refractivity contribution in [1.29, 1.82) is 0 Å². The maximum atomic E-state index is 4.56. The number of aromatic nitrogens is 3. The topological polar surface area (TPSA) is 37.2 Å². The highest BCUT2D eigenvalue weighted by Gasteiger charge is 2.20. The minimum Gasteiger partial charge on any atom is -0.351 e. The molecule has 21 heavy (non-hydrogen) atoms. The van der Waals surface area contributed by atoms with E-state index in [1.165, 1.54) is 5.56 Å². The molecule has 3 heterocycles. The van der Waals surface area contributed by atoms with Crippen LogP contribution in [0.3, 0.4) is 0 Å². The van der Waals surface area contributed by atoms with Crippen LogP contribution in [0, 0.1) is 0 Å². The highest BCUT2D eigenvalue weighted by molar-refractivity contribution is 5.48. The average Bonchev–Trinajstić information content (AvgIpc) is 2.80. The lowest BCUT2D eigenvalue weighted by molar-refractivity contribution is 0.259. The van der Waals surface area contributed by atoms with Crippen molar-refractivity contribution in [3.8, 4) is 0 Å². The first kappa shape index (κ1) is 13.8. The second-order valence-corrected chi connectivity index (χ2v) is 5.39. The SMILES string of the molecule is C=CCN1CCN(Cc2nccn2C)Cc2cccnc21. The molecule has 2 aromatic heterocycles. The monoisotopic (exact) mass is 283 g/mol. The van der Waals surface area contributed by atoms with Gasteiger partial charge in [-0.05, 0) is 6.07 Å². The van der Waals surface area contributed by atoms with E-state index in [-0.39, 0.29) is 0 Å². The quantitative estimate of drug-likeness (QED) is 0.802. The Hall–Kier alpha value is -2.14. The summed E-state index contributed by atoms with van der Waals surface area (Å²) in [5, 5.41) is 0. The van der Waals surface area contributed by atoms with Gasteiger partial charge in [-0.15, -0.1) is 6.58 Å². The second kappa shape index (κ2) is 6.10. The predicted molar refractivity (Wildman–Crippen MR) is 84.0 cm³/mol. The van der Waals surface area contributed by atoms with Crippen LogP contribution >= 0.6 is 0 Å². The number of aryl methyl sites for hydroxylation is 1. The molecule has 0 fully saturated rings. The van der Waals surface area contributed by atoms with Crippen molar-refractivity contribution >= 4 is 5.82 Å². The minimum atomic E-state index is 0.834. The van der Waals surface area contributed by atoms with Gasteiger partial charge in [-0.3, -0.25) is 4.90 Å². The summed E-state index contributed by atoms with van der Waals surface area (Å²) in [6, 6.07) is 4.17. The molecule has 110 valence electrons. The largest absolute Gasteiger partial charge is 0.351 e. The summed E-state index contributed by atoms with van der Waals surface area (Å²) in [5.74, 6) is 2.18. The molecule has 0 saturated carbocycles. The van der Waals surface area contributed by atoms with E-state index in [1.54, 1.807) is 0 Å². The minimum absolute atomic E-state index is 0.834. The maximum Gasteiger partial charge on any atom is 0.133 e. The van der Waals surface area contributed by atoms with Crippen LogP contribution in [-0.2, 0) is 20.1 Å². The molecule has 0 N–H and O–H groups in total. The molecule has 0 saturated heterocycles. The molecule has 0 unspecified atom stereocenters. The number of nitrogens with zero attached hydrogens (tertiary/aromatic N) is 5. The van der Waals surface area contributed by atoms with E-state index >= 15 is 0 Å². The van der Waals surface area contributed by atoms with Gasteiger partial charge in [0.15, 0.2) is 0 Å². The van der Waals surface area contributed by atoms with Crippen LogP contribution in [0.2, 0.25) is 0 Å². The molecular weight excluding hydrogens is 262 g/mol. The highest BCUT2D eigenvalue weighted by Crippen LogP contribution is 2.23. The third-order valence-electron chi connectivity index (χ3n) is 3.88. The van der Waals surface area contributed by atoms with Gasteiger partial charge in [0, 0.05) is 57.4 Å². The van der Waals surface area contributed by atoms with E-state index in [2.05, 4.69) is 37.0 Å². The molecule has 0 atom stereocenters. The molecule has 1 aliphatic heterocycles. The van der Waals surface area contributed by atoms with E-state index in [0.29, 0.717) is 0 Å². The summed E-state index contributed by atoms with van der Waals surface area (Å²) in [5.41, 5.74) is 1.27. The van der Waals surface area contributed by atoms with Crippen molar-refractivity contribution in [3.05, 3.63) is 54.8 Å². The summed E-state index contributed by atoms with van der Waals surface area (Å²) in [6.45, 7) is 8.41. The van der Waals surface area contributed by atoms with Gasteiger partial charge in [0.1, 0.15) is 11.6 Å². The van der Waals surface area contributed by atoms with E-state index < -0.39 is 0 Å². The van der Waals surface area contributed by atoms with Crippen molar-refractivity contribution in [3.63, 3.8) is 0 Å². The summed E-state index contributed by atoms with van der Waals surface area (Å²) < 4.78 is 2.08. The maximum absolute atomic E-state index is 4.56. The Morgan fingerprint density at radius 3 is 2.95 bits per heavy atom. The third-order valence-corrected chi connectivity index (χ3v) is 3.88. The molecule has 0 radical (unpaired) electrons. The lowest BCUT2D eigenvalue weighted by Crippen LogP contribution is -2.32. The van der Waals surface area contributed by atoms with Crippen molar-refractivity contribution in [2.24, 2.45) is 7.05 Å². The summed E-state index contributed by atoms with van der Waals surface area (Å²) in [4.78, 5) is 13.7. The Labute approximate surface area is 125 Å². The molecule has 3 rings (SSSR count).